The van der Waals surface area contributed by atoms with Crippen LogP contribution in [0.1, 0.15) is 5.56 Å². The quantitative estimate of drug-likeness (QED) is 0.778. The minimum Gasteiger partial charge on any atom is -0.324 e. The Balaban J connectivity index is 1.78. The van der Waals surface area contributed by atoms with E-state index in [9.17, 15) is 9.59 Å². The molecule has 0 bridgehead atoms. The van der Waals surface area contributed by atoms with Crippen molar-refractivity contribution in [1.29, 1.82) is 0 Å². The summed E-state index contributed by atoms with van der Waals surface area (Å²) in [5.74, 6) is 0.0352. The summed E-state index contributed by atoms with van der Waals surface area (Å²) in [7, 11) is 0. The molecule has 1 fully saturated rings. The molecule has 0 aliphatic carbocycles. The molecule has 1 N–H and O–H groups in total. The second kappa shape index (κ2) is 4.86. The molecular formula is C16H11BrN2O2S. The van der Waals surface area contributed by atoms with Crippen LogP contribution in [0.5, 0.6) is 0 Å². The van der Waals surface area contributed by atoms with E-state index in [2.05, 4.69) is 21.2 Å². The van der Waals surface area contributed by atoms with E-state index in [1.54, 1.807) is 4.90 Å². The van der Waals surface area contributed by atoms with Crippen molar-refractivity contribution in [3.63, 3.8) is 0 Å². The van der Waals surface area contributed by atoms with Crippen LogP contribution < -0.4 is 10.2 Å². The molecule has 110 valence electrons. The van der Waals surface area contributed by atoms with Crippen LogP contribution in [-0.2, 0) is 14.3 Å². The highest BCUT2D eigenvalue weighted by Crippen LogP contribution is 2.51. The van der Waals surface area contributed by atoms with Crippen LogP contribution in [0, 0.1) is 0 Å². The van der Waals surface area contributed by atoms with E-state index in [1.165, 1.54) is 11.8 Å². The van der Waals surface area contributed by atoms with Crippen molar-refractivity contribution in [2.24, 2.45) is 0 Å². The van der Waals surface area contributed by atoms with E-state index in [0.29, 0.717) is 5.88 Å². The molecule has 2 aromatic rings. The van der Waals surface area contributed by atoms with Crippen LogP contribution in [0.25, 0.3) is 0 Å². The monoisotopic (exact) mass is 374 g/mol. The maximum atomic E-state index is 13.0. The molecule has 2 aliphatic heterocycles. The number of rotatable bonds is 1. The molecule has 2 aliphatic rings. The third kappa shape index (κ3) is 1.77. The third-order valence-electron chi connectivity index (χ3n) is 3.97. The van der Waals surface area contributed by atoms with E-state index in [0.717, 1.165) is 21.4 Å². The summed E-state index contributed by atoms with van der Waals surface area (Å²) < 4.78 is -0.196. The highest BCUT2D eigenvalue weighted by Gasteiger charge is 2.59. The number of para-hydroxylation sites is 1. The molecule has 1 atom stereocenters. The van der Waals surface area contributed by atoms with Crippen LogP contribution in [0.4, 0.5) is 11.4 Å². The number of thioether (sulfide) groups is 1. The van der Waals surface area contributed by atoms with Gasteiger partial charge in [-0.3, -0.25) is 9.59 Å². The Hall–Kier alpha value is -1.79. The van der Waals surface area contributed by atoms with E-state index in [4.69, 9.17) is 0 Å². The third-order valence-corrected chi connectivity index (χ3v) is 5.90. The Morgan fingerprint density at radius 2 is 1.82 bits per heavy atom. The van der Waals surface area contributed by atoms with Crippen LogP contribution in [0.2, 0.25) is 0 Å². The SMILES string of the molecule is O=C1Nc2ccccc2C12SCN(c1ccc(Br)cc1)C2=O. The molecule has 1 saturated heterocycles. The Morgan fingerprint density at radius 1 is 1.09 bits per heavy atom. The molecule has 22 heavy (non-hydrogen) atoms. The van der Waals surface area contributed by atoms with Gasteiger partial charge in [0.2, 0.25) is 4.75 Å². The summed E-state index contributed by atoms with van der Waals surface area (Å²) >= 11 is 4.76. The zero-order chi connectivity index (χ0) is 15.3. The Kier molecular flexibility index (Phi) is 3.06. The minimum atomic E-state index is -1.15. The first-order chi connectivity index (χ1) is 10.6. The fourth-order valence-corrected chi connectivity index (χ4v) is 4.47. The van der Waals surface area contributed by atoms with Gasteiger partial charge in [-0.25, -0.2) is 0 Å². The van der Waals surface area contributed by atoms with Crippen molar-refractivity contribution < 1.29 is 9.59 Å². The normalized spacial score (nSPS) is 23.0. The van der Waals surface area contributed by atoms with E-state index in [-0.39, 0.29) is 11.8 Å². The highest BCUT2D eigenvalue weighted by molar-refractivity contribution is 9.10. The molecule has 2 amide bonds. The fraction of sp³-hybridized carbons (Fsp3) is 0.125. The number of anilines is 2. The van der Waals surface area contributed by atoms with Gasteiger partial charge in [-0.15, -0.1) is 11.8 Å². The lowest BCUT2D eigenvalue weighted by molar-refractivity contribution is -0.127. The molecule has 0 aromatic heterocycles. The number of carbonyl (C=O) groups excluding carboxylic acids is 2. The number of halogens is 1. The first-order valence-corrected chi connectivity index (χ1v) is 8.53. The number of benzene rings is 2. The molecule has 1 unspecified atom stereocenters. The fourth-order valence-electron chi connectivity index (χ4n) is 2.87. The van der Waals surface area contributed by atoms with Gasteiger partial charge >= 0.3 is 0 Å². The lowest BCUT2D eigenvalue weighted by atomic mass is 9.98. The second-order valence-electron chi connectivity index (χ2n) is 5.16. The van der Waals surface area contributed by atoms with Gasteiger partial charge in [-0.2, -0.15) is 0 Å². The van der Waals surface area contributed by atoms with E-state index in [1.807, 2.05) is 48.5 Å². The molecule has 1 spiro atoms. The van der Waals surface area contributed by atoms with Crippen LogP contribution in [0.3, 0.4) is 0 Å². The smallest absolute Gasteiger partial charge is 0.258 e. The summed E-state index contributed by atoms with van der Waals surface area (Å²) in [6, 6.07) is 14.9. The Labute approximate surface area is 140 Å². The second-order valence-corrected chi connectivity index (χ2v) is 7.24. The molecule has 6 heteroatoms. The average molecular weight is 375 g/mol. The van der Waals surface area contributed by atoms with Gasteiger partial charge in [0.15, 0.2) is 0 Å². The molecule has 0 saturated carbocycles. The zero-order valence-electron chi connectivity index (χ0n) is 11.4. The Morgan fingerprint density at radius 3 is 2.59 bits per heavy atom. The van der Waals surface area contributed by atoms with Crippen LogP contribution in [-0.4, -0.2) is 17.7 Å². The van der Waals surface area contributed by atoms with Gasteiger partial charge in [0, 0.05) is 21.4 Å². The van der Waals surface area contributed by atoms with Gasteiger partial charge in [-0.05, 0) is 30.3 Å². The predicted octanol–water partition coefficient (Wildman–Crippen LogP) is 3.33. The Bertz CT molecular complexity index is 793. The molecule has 4 rings (SSSR count). The van der Waals surface area contributed by atoms with Gasteiger partial charge in [0.25, 0.3) is 11.8 Å². The predicted molar refractivity (Wildman–Crippen MR) is 90.8 cm³/mol. The maximum Gasteiger partial charge on any atom is 0.258 e. The molecule has 2 aromatic carbocycles. The number of carbonyl (C=O) groups is 2. The van der Waals surface area contributed by atoms with Crippen LogP contribution in [0.15, 0.2) is 53.0 Å². The standard InChI is InChI=1S/C16H11BrN2O2S/c17-10-5-7-11(8-6-10)19-9-22-16(15(19)21)12-3-1-2-4-13(12)18-14(16)20/h1-8H,9H2,(H,18,20). The summed E-state index contributed by atoms with van der Waals surface area (Å²) in [4.78, 5) is 27.2. The van der Waals surface area contributed by atoms with Crippen LogP contribution >= 0.6 is 27.7 Å². The lowest BCUT2D eigenvalue weighted by Crippen LogP contribution is -2.41. The first kappa shape index (κ1) is 13.8. The number of hydrogen-bond acceptors (Lipinski definition) is 3. The minimum absolute atomic E-state index is 0.178. The highest BCUT2D eigenvalue weighted by atomic mass is 79.9. The number of amides is 2. The first-order valence-electron chi connectivity index (χ1n) is 6.75. The van der Waals surface area contributed by atoms with Gasteiger partial charge < -0.3 is 10.2 Å². The van der Waals surface area contributed by atoms with Gasteiger partial charge in [-0.1, -0.05) is 34.1 Å². The number of hydrogen-bond donors (Lipinski definition) is 1. The molecule has 4 nitrogen and oxygen atoms in total. The van der Waals surface area contributed by atoms with Crippen molar-refractivity contribution in [3.8, 4) is 0 Å². The van der Waals surface area contributed by atoms with E-state index >= 15 is 0 Å². The zero-order valence-corrected chi connectivity index (χ0v) is 13.8. The summed E-state index contributed by atoms with van der Waals surface area (Å²) in [5.41, 5.74) is 2.29. The summed E-state index contributed by atoms with van der Waals surface area (Å²) in [6.45, 7) is 0. The van der Waals surface area contributed by atoms with Crippen molar-refractivity contribution >= 4 is 50.9 Å². The van der Waals surface area contributed by atoms with Crippen molar-refractivity contribution in [2.45, 2.75) is 4.75 Å². The molecule has 0 radical (unpaired) electrons. The van der Waals surface area contributed by atoms with Crippen molar-refractivity contribution in [2.75, 3.05) is 16.1 Å². The summed E-state index contributed by atoms with van der Waals surface area (Å²) in [5, 5.41) is 2.83. The molecular weight excluding hydrogens is 364 g/mol. The average Bonchev–Trinajstić information content (AvgIpc) is 3.01. The molecule has 2 heterocycles. The van der Waals surface area contributed by atoms with Gasteiger partial charge in [0.05, 0.1) is 5.88 Å². The van der Waals surface area contributed by atoms with Crippen molar-refractivity contribution in [3.05, 3.63) is 58.6 Å². The number of fused-ring (bicyclic) bond motifs is 2. The lowest BCUT2D eigenvalue weighted by Gasteiger charge is -2.20. The van der Waals surface area contributed by atoms with Crippen molar-refractivity contribution in [1.82, 2.24) is 0 Å². The van der Waals surface area contributed by atoms with E-state index < -0.39 is 4.75 Å². The topological polar surface area (TPSA) is 49.4 Å². The largest absolute Gasteiger partial charge is 0.324 e. The number of nitrogens with one attached hydrogen (secondary N) is 1. The number of nitrogens with zero attached hydrogens (tertiary/aromatic N) is 1. The summed E-state index contributed by atoms with van der Waals surface area (Å²) in [6.07, 6.45) is 0. The van der Waals surface area contributed by atoms with Gasteiger partial charge in [0.1, 0.15) is 0 Å². The maximum absolute atomic E-state index is 13.0.